The van der Waals surface area contributed by atoms with Crippen LogP contribution in [0.15, 0.2) is 77.2 Å². The van der Waals surface area contributed by atoms with Crippen molar-refractivity contribution in [3.63, 3.8) is 0 Å². The van der Waals surface area contributed by atoms with E-state index in [1.165, 1.54) is 32.1 Å². The van der Waals surface area contributed by atoms with Crippen LogP contribution in [0.25, 0.3) is 34.7 Å². The summed E-state index contributed by atoms with van der Waals surface area (Å²) in [6, 6.07) is 23.4. The fourth-order valence-corrected chi connectivity index (χ4v) is 3.96. The Labute approximate surface area is 207 Å². The summed E-state index contributed by atoms with van der Waals surface area (Å²) in [5.41, 5.74) is 5.28. The van der Waals surface area contributed by atoms with E-state index in [1.807, 2.05) is 84.9 Å². The van der Waals surface area contributed by atoms with Gasteiger partial charge in [-0.1, -0.05) is 94.0 Å². The molecule has 0 bridgehead atoms. The van der Waals surface area contributed by atoms with Gasteiger partial charge in [0, 0.05) is 5.56 Å². The van der Waals surface area contributed by atoms with Gasteiger partial charge in [0.1, 0.15) is 5.52 Å². The number of esters is 1. The van der Waals surface area contributed by atoms with Crippen LogP contribution in [-0.4, -0.2) is 17.6 Å². The van der Waals surface area contributed by atoms with E-state index in [0.717, 1.165) is 40.6 Å². The zero-order chi connectivity index (χ0) is 24.3. The molecule has 0 saturated heterocycles. The molecule has 4 heteroatoms. The number of hydrogen-bond acceptors (Lipinski definition) is 4. The molecular weight excluding hydrogens is 434 g/mol. The minimum atomic E-state index is -0.249. The standard InChI is InChI=1S/C31H33NO3/c1-2-3-4-5-6-7-10-23-34-31(33)27-21-17-25(18-22-27)14-13-24-15-19-26(20-16-24)30-32-28-11-8-9-12-29(28)35-30/h8-9,11-22H,2-7,10,23H2,1H3/b14-13+. The lowest BCUT2D eigenvalue weighted by Crippen LogP contribution is -2.06. The van der Waals surface area contributed by atoms with Crippen molar-refractivity contribution in [2.45, 2.75) is 51.9 Å². The minimum Gasteiger partial charge on any atom is -0.462 e. The SMILES string of the molecule is CCCCCCCCCOC(=O)c1ccc(/C=C/c2ccc(-c3nc4ccccc4o3)cc2)cc1. The van der Waals surface area contributed by atoms with Crippen LogP contribution in [0.3, 0.4) is 0 Å². The highest BCUT2D eigenvalue weighted by molar-refractivity contribution is 5.89. The first kappa shape index (κ1) is 24.5. The maximum atomic E-state index is 12.3. The van der Waals surface area contributed by atoms with Crippen molar-refractivity contribution in [2.75, 3.05) is 6.61 Å². The van der Waals surface area contributed by atoms with E-state index in [4.69, 9.17) is 9.15 Å². The predicted molar refractivity (Wildman–Crippen MR) is 143 cm³/mol. The van der Waals surface area contributed by atoms with Crippen LogP contribution in [0.2, 0.25) is 0 Å². The number of para-hydroxylation sites is 2. The summed E-state index contributed by atoms with van der Waals surface area (Å²) < 4.78 is 11.3. The van der Waals surface area contributed by atoms with E-state index in [1.54, 1.807) is 0 Å². The number of benzene rings is 3. The second-order valence-corrected chi connectivity index (χ2v) is 8.82. The van der Waals surface area contributed by atoms with Crippen LogP contribution in [0.5, 0.6) is 0 Å². The van der Waals surface area contributed by atoms with Crippen LogP contribution < -0.4 is 0 Å². The minimum absolute atomic E-state index is 0.249. The fourth-order valence-electron chi connectivity index (χ4n) is 3.96. The Balaban J connectivity index is 1.24. The lowest BCUT2D eigenvalue weighted by atomic mass is 10.1. The van der Waals surface area contributed by atoms with E-state index >= 15 is 0 Å². The number of rotatable bonds is 12. The molecule has 4 nitrogen and oxygen atoms in total. The molecule has 1 heterocycles. The number of oxazole rings is 1. The van der Waals surface area contributed by atoms with Crippen molar-refractivity contribution in [3.05, 3.63) is 89.5 Å². The van der Waals surface area contributed by atoms with Crippen molar-refractivity contribution in [2.24, 2.45) is 0 Å². The van der Waals surface area contributed by atoms with Gasteiger partial charge in [-0.25, -0.2) is 9.78 Å². The van der Waals surface area contributed by atoms with Gasteiger partial charge in [0.2, 0.25) is 5.89 Å². The number of unbranched alkanes of at least 4 members (excludes halogenated alkanes) is 6. The quantitative estimate of drug-likeness (QED) is 0.119. The lowest BCUT2D eigenvalue weighted by molar-refractivity contribution is 0.0497. The molecule has 0 unspecified atom stereocenters. The number of ether oxygens (including phenoxy) is 1. The molecule has 0 spiro atoms. The van der Waals surface area contributed by atoms with E-state index in [2.05, 4.69) is 11.9 Å². The Morgan fingerprint density at radius 1 is 0.800 bits per heavy atom. The number of carbonyl (C=O) groups is 1. The molecule has 0 aliphatic carbocycles. The first-order valence-corrected chi connectivity index (χ1v) is 12.6. The van der Waals surface area contributed by atoms with Gasteiger partial charge in [0.25, 0.3) is 0 Å². The number of nitrogens with zero attached hydrogens (tertiary/aromatic N) is 1. The van der Waals surface area contributed by atoms with Crippen molar-refractivity contribution in [3.8, 4) is 11.5 Å². The van der Waals surface area contributed by atoms with Gasteiger partial charge in [0.05, 0.1) is 12.2 Å². The van der Waals surface area contributed by atoms with E-state index in [-0.39, 0.29) is 5.97 Å². The molecule has 1 aromatic heterocycles. The first-order chi connectivity index (χ1) is 17.2. The van der Waals surface area contributed by atoms with Gasteiger partial charge in [0.15, 0.2) is 5.58 Å². The van der Waals surface area contributed by atoms with Gasteiger partial charge >= 0.3 is 5.97 Å². The molecule has 35 heavy (non-hydrogen) atoms. The van der Waals surface area contributed by atoms with E-state index < -0.39 is 0 Å². The van der Waals surface area contributed by atoms with Crippen molar-refractivity contribution in [1.29, 1.82) is 0 Å². The normalized spacial score (nSPS) is 11.3. The van der Waals surface area contributed by atoms with Crippen molar-refractivity contribution < 1.29 is 13.9 Å². The van der Waals surface area contributed by atoms with Crippen molar-refractivity contribution in [1.82, 2.24) is 4.98 Å². The summed E-state index contributed by atoms with van der Waals surface area (Å²) in [6.07, 6.45) is 12.5. The monoisotopic (exact) mass is 467 g/mol. The summed E-state index contributed by atoms with van der Waals surface area (Å²) in [6.45, 7) is 2.72. The molecule has 180 valence electrons. The van der Waals surface area contributed by atoms with Crippen molar-refractivity contribution >= 4 is 29.2 Å². The summed E-state index contributed by atoms with van der Waals surface area (Å²) in [5, 5.41) is 0. The average Bonchev–Trinajstić information content (AvgIpc) is 3.34. The predicted octanol–water partition coefficient (Wildman–Crippen LogP) is 8.57. The molecule has 0 radical (unpaired) electrons. The van der Waals surface area contributed by atoms with Gasteiger partial charge in [-0.2, -0.15) is 0 Å². The fraction of sp³-hybridized carbons (Fsp3) is 0.290. The van der Waals surface area contributed by atoms with E-state index in [9.17, 15) is 4.79 Å². The zero-order valence-corrected chi connectivity index (χ0v) is 20.4. The molecule has 4 aromatic rings. The smallest absolute Gasteiger partial charge is 0.338 e. The van der Waals surface area contributed by atoms with Gasteiger partial charge in [-0.3, -0.25) is 0 Å². The van der Waals surface area contributed by atoms with Crippen LogP contribution in [0.4, 0.5) is 0 Å². The third-order valence-electron chi connectivity index (χ3n) is 6.05. The van der Waals surface area contributed by atoms with Crippen LogP contribution in [0, 0.1) is 0 Å². The second kappa shape index (κ2) is 12.7. The van der Waals surface area contributed by atoms with Crippen LogP contribution in [0.1, 0.15) is 73.4 Å². The third kappa shape index (κ3) is 7.16. The molecule has 0 aliphatic heterocycles. The topological polar surface area (TPSA) is 52.3 Å². The van der Waals surface area contributed by atoms with Crippen LogP contribution in [-0.2, 0) is 4.74 Å². The Morgan fingerprint density at radius 2 is 1.43 bits per heavy atom. The molecule has 0 N–H and O–H groups in total. The van der Waals surface area contributed by atoms with E-state index in [0.29, 0.717) is 18.1 Å². The Hall–Kier alpha value is -3.66. The zero-order valence-electron chi connectivity index (χ0n) is 20.4. The Morgan fingerprint density at radius 3 is 2.11 bits per heavy atom. The highest BCUT2D eigenvalue weighted by atomic mass is 16.5. The summed E-state index contributed by atoms with van der Waals surface area (Å²) in [5.74, 6) is 0.373. The first-order valence-electron chi connectivity index (χ1n) is 12.6. The molecule has 0 fully saturated rings. The molecule has 4 rings (SSSR count). The molecule has 0 saturated carbocycles. The lowest BCUT2D eigenvalue weighted by Gasteiger charge is -2.05. The van der Waals surface area contributed by atoms with Crippen LogP contribution >= 0.6 is 0 Å². The Kier molecular flexibility index (Phi) is 8.88. The van der Waals surface area contributed by atoms with Gasteiger partial charge in [-0.05, 0) is 53.9 Å². The number of hydrogen-bond donors (Lipinski definition) is 0. The third-order valence-corrected chi connectivity index (χ3v) is 6.05. The number of carbonyl (C=O) groups excluding carboxylic acids is 1. The summed E-state index contributed by atoms with van der Waals surface area (Å²) in [7, 11) is 0. The average molecular weight is 468 g/mol. The number of aromatic nitrogens is 1. The van der Waals surface area contributed by atoms with Gasteiger partial charge in [-0.15, -0.1) is 0 Å². The maximum absolute atomic E-state index is 12.3. The maximum Gasteiger partial charge on any atom is 0.338 e. The second-order valence-electron chi connectivity index (χ2n) is 8.82. The highest BCUT2D eigenvalue weighted by Gasteiger charge is 2.08. The highest BCUT2D eigenvalue weighted by Crippen LogP contribution is 2.24. The molecular formula is C31H33NO3. The molecule has 3 aromatic carbocycles. The summed E-state index contributed by atoms with van der Waals surface area (Å²) >= 11 is 0. The largest absolute Gasteiger partial charge is 0.462 e. The molecule has 0 atom stereocenters. The Bertz CT molecular complexity index is 1200. The van der Waals surface area contributed by atoms with Gasteiger partial charge < -0.3 is 9.15 Å². The number of fused-ring (bicyclic) bond motifs is 1. The molecule has 0 aliphatic rings. The molecule has 0 amide bonds. The summed E-state index contributed by atoms with van der Waals surface area (Å²) in [4.78, 5) is 16.8.